The first kappa shape index (κ1) is 41.6. The van der Waals surface area contributed by atoms with E-state index in [-0.39, 0.29) is 67.3 Å². The molecule has 0 saturated heterocycles. The molecule has 0 N–H and O–H groups in total. The zero-order valence-electron chi connectivity index (χ0n) is 28.4. The van der Waals surface area contributed by atoms with E-state index in [2.05, 4.69) is 60.8 Å². The molecule has 2 aliphatic carbocycles. The molecule has 1 radical (unpaired) electrons. The fraction of sp³-hybridized carbons (Fsp3) is 0.633. The third kappa shape index (κ3) is 11.3. The van der Waals surface area contributed by atoms with Gasteiger partial charge in [0.15, 0.2) is 15.8 Å². The van der Waals surface area contributed by atoms with Gasteiger partial charge in [0.25, 0.3) is 11.1 Å². The number of fused-ring (bicyclic) bond motifs is 2. The van der Waals surface area contributed by atoms with Gasteiger partial charge in [0.1, 0.15) is 6.33 Å². The Morgan fingerprint density at radius 1 is 0.922 bits per heavy atom. The van der Waals surface area contributed by atoms with Gasteiger partial charge in [0.2, 0.25) is 11.8 Å². The number of halogens is 5. The maximum absolute atomic E-state index is 13.2. The predicted octanol–water partition coefficient (Wildman–Crippen LogP) is 5.71. The molecule has 2 fully saturated rings. The van der Waals surface area contributed by atoms with Crippen LogP contribution in [0.5, 0.6) is 12.0 Å². The van der Waals surface area contributed by atoms with Crippen molar-refractivity contribution >= 4 is 47.4 Å². The van der Waals surface area contributed by atoms with E-state index in [1.165, 1.54) is 43.8 Å². The summed E-state index contributed by atoms with van der Waals surface area (Å²) in [6.45, 7) is 6.47. The number of ether oxygens (including phenoxy) is 2. The van der Waals surface area contributed by atoms with Crippen LogP contribution in [0, 0.1) is 23.2 Å². The average Bonchev–Trinajstić information content (AvgIpc) is 3.72. The molecule has 14 nitrogen and oxygen atoms in total. The number of rotatable bonds is 8. The molecule has 4 aromatic rings. The van der Waals surface area contributed by atoms with Crippen LogP contribution in [0.1, 0.15) is 72.1 Å². The Hall–Kier alpha value is -3.80. The van der Waals surface area contributed by atoms with Crippen LogP contribution in [0.15, 0.2) is 37.3 Å². The fourth-order valence-electron chi connectivity index (χ4n) is 5.51. The zero-order chi connectivity index (χ0) is 37.8. The summed E-state index contributed by atoms with van der Waals surface area (Å²) >= 11 is 6.42. The molecule has 0 amide bonds. The van der Waals surface area contributed by atoms with Gasteiger partial charge >= 0.3 is 36.8 Å². The standard InChI is InChI=1S/C14H17BrF2N4O2.C14H18F2N4O2.C2H3N.BHNS/c1-2-20-11(22)10-7-18-12(15)21(10)19-13(20)23-8-9-3-5-14(16,17)6-4-9;1-2-19-12(21)11-7-17-9-20(11)18-13(19)22-8-10-3-5-14(15,16)6-4-10;2*1-2-3/h7,9H,2-6,8H2,1H3;7,9-10H,2-6,8H2,1H3;1H3;3H. The second-order valence-corrected chi connectivity index (χ2v) is 12.7. The van der Waals surface area contributed by atoms with Crippen LogP contribution in [-0.4, -0.2) is 71.0 Å². The number of thiol groups is 1. The van der Waals surface area contributed by atoms with Gasteiger partial charge in [-0.2, -0.15) is 9.78 Å². The van der Waals surface area contributed by atoms with Gasteiger partial charge in [-0.05, 0) is 67.3 Å². The van der Waals surface area contributed by atoms with Gasteiger partial charge in [-0.1, -0.05) is 0 Å². The Balaban J connectivity index is 0.000000239. The van der Waals surface area contributed by atoms with Crippen molar-refractivity contribution in [3.8, 4) is 18.1 Å². The first-order valence-electron chi connectivity index (χ1n) is 16.2. The van der Waals surface area contributed by atoms with E-state index in [4.69, 9.17) is 14.7 Å². The Morgan fingerprint density at radius 3 is 1.80 bits per heavy atom. The fourth-order valence-corrected chi connectivity index (χ4v) is 5.88. The van der Waals surface area contributed by atoms with Crippen molar-refractivity contribution in [2.75, 3.05) is 13.2 Å². The van der Waals surface area contributed by atoms with E-state index < -0.39 is 11.8 Å². The summed E-state index contributed by atoms with van der Waals surface area (Å²) in [6.07, 6.45) is 5.60. The topological polar surface area (TPSA) is 159 Å². The summed E-state index contributed by atoms with van der Waals surface area (Å²) in [4.78, 5) is 32.5. The van der Waals surface area contributed by atoms with E-state index in [9.17, 15) is 27.2 Å². The van der Waals surface area contributed by atoms with E-state index in [0.717, 1.165) is 0 Å². The zero-order valence-corrected chi connectivity index (χ0v) is 30.9. The number of hydrogen-bond acceptors (Lipinski definition) is 11. The summed E-state index contributed by atoms with van der Waals surface area (Å²) in [7, 11) is 4.34. The monoisotopic (exact) mass is 801 g/mol. The van der Waals surface area contributed by atoms with Gasteiger partial charge in [0, 0.05) is 45.7 Å². The molecule has 2 aliphatic rings. The molecular weight excluding hydrogens is 763 g/mol. The summed E-state index contributed by atoms with van der Waals surface area (Å²) in [5.74, 6) is -4.98. The van der Waals surface area contributed by atoms with Crippen molar-refractivity contribution < 1.29 is 27.0 Å². The van der Waals surface area contributed by atoms with E-state index >= 15 is 0 Å². The van der Waals surface area contributed by atoms with Gasteiger partial charge in [0.05, 0.1) is 31.7 Å². The van der Waals surface area contributed by atoms with Crippen molar-refractivity contribution in [3.63, 3.8) is 0 Å². The average molecular weight is 802 g/mol. The van der Waals surface area contributed by atoms with E-state index in [0.29, 0.717) is 61.1 Å². The second-order valence-electron chi connectivity index (χ2n) is 11.8. The van der Waals surface area contributed by atoms with Crippen LogP contribution in [0.25, 0.3) is 11.0 Å². The molecule has 2 saturated carbocycles. The van der Waals surface area contributed by atoms with Crippen molar-refractivity contribution in [2.24, 2.45) is 16.1 Å². The molecule has 0 spiro atoms. The molecule has 0 bridgehead atoms. The summed E-state index contributed by atoms with van der Waals surface area (Å²) in [5.41, 5.74) is 0.265. The Bertz CT molecular complexity index is 1900. The van der Waals surface area contributed by atoms with Crippen molar-refractivity contribution in [1.29, 1.82) is 5.26 Å². The normalized spacial score (nSPS) is 16.8. The third-order valence-corrected chi connectivity index (χ3v) is 8.83. The summed E-state index contributed by atoms with van der Waals surface area (Å²) < 4.78 is 72.7. The molecule has 277 valence electrons. The number of imidazole rings is 2. The molecular formula is C30H39BBrF4N10O4S. The first-order valence-corrected chi connectivity index (χ1v) is 17.4. The van der Waals surface area contributed by atoms with Crippen LogP contribution in [0.4, 0.5) is 17.6 Å². The summed E-state index contributed by atoms with van der Waals surface area (Å²) in [6, 6.07) is 2.14. The number of nitriles is 1. The third-order valence-electron chi connectivity index (χ3n) is 8.29. The second kappa shape index (κ2) is 19.2. The maximum atomic E-state index is 13.2. The Kier molecular flexibility index (Phi) is 15.6. The molecule has 0 unspecified atom stereocenters. The van der Waals surface area contributed by atoms with Crippen LogP contribution >= 0.6 is 28.7 Å². The quantitative estimate of drug-likeness (QED) is 0.134. The van der Waals surface area contributed by atoms with Crippen molar-refractivity contribution in [3.05, 3.63) is 44.2 Å². The number of hydrogen-bond donors (Lipinski definition) is 1. The molecule has 4 heterocycles. The molecule has 51 heavy (non-hydrogen) atoms. The Labute approximate surface area is 306 Å². The first-order chi connectivity index (χ1) is 24.2. The molecule has 4 aromatic heterocycles. The predicted molar refractivity (Wildman–Crippen MR) is 187 cm³/mol. The summed E-state index contributed by atoms with van der Waals surface area (Å²) in [5, 5.41) is 15.8. The van der Waals surface area contributed by atoms with Crippen LogP contribution in [0.3, 0.4) is 0 Å². The number of nitrogens with zero attached hydrogens (tertiary/aromatic N) is 10. The molecule has 0 atom stereocenters. The van der Waals surface area contributed by atoms with Crippen molar-refractivity contribution in [2.45, 2.75) is 97.1 Å². The van der Waals surface area contributed by atoms with Crippen LogP contribution in [0.2, 0.25) is 0 Å². The number of aromatic nitrogens is 8. The minimum atomic E-state index is -2.55. The molecule has 6 rings (SSSR count). The Morgan fingerprint density at radius 2 is 1.35 bits per heavy atom. The van der Waals surface area contributed by atoms with Gasteiger partial charge in [-0.3, -0.25) is 18.7 Å². The minimum absolute atomic E-state index is 0.0544. The molecule has 0 aliphatic heterocycles. The van der Waals surface area contributed by atoms with Gasteiger partial charge < -0.3 is 9.47 Å². The van der Waals surface area contributed by atoms with Gasteiger partial charge in [-0.15, -0.1) is 10.2 Å². The molecule has 0 aromatic carbocycles. The van der Waals surface area contributed by atoms with E-state index in [1.54, 1.807) is 6.07 Å². The number of alkyl halides is 4. The molecule has 21 heteroatoms. The SMILES string of the molecule is CC#N.CCn1c(OCC2CCC(F)(F)CC2)nn2c(Br)ncc2c1=O.CCn1c(OCC2CCC(F)(F)CC2)nn2cncc2c1=O.[B]=NS. The van der Waals surface area contributed by atoms with Crippen molar-refractivity contribution in [1.82, 2.24) is 38.3 Å². The van der Waals surface area contributed by atoms with Gasteiger partial charge in [-0.25, -0.2) is 32.0 Å². The van der Waals surface area contributed by atoms with Crippen LogP contribution in [-0.2, 0) is 13.1 Å². The van der Waals surface area contributed by atoms with E-state index in [1.807, 2.05) is 13.8 Å². The van der Waals surface area contributed by atoms with Crippen LogP contribution < -0.4 is 20.6 Å².